The van der Waals surface area contributed by atoms with E-state index in [9.17, 15) is 26.4 Å². The molecule has 0 atom stereocenters. The maximum atomic E-state index is 12.7. The lowest BCUT2D eigenvalue weighted by Crippen LogP contribution is -2.26. The number of primary sulfonamides is 1. The lowest BCUT2D eigenvalue weighted by molar-refractivity contribution is 0.103. The zero-order valence-corrected chi connectivity index (χ0v) is 35.3. The van der Waals surface area contributed by atoms with Crippen LogP contribution in [-0.4, -0.2) is 55.7 Å². The first-order chi connectivity index (χ1) is 28.2. The molecule has 6 aromatic rings. The van der Waals surface area contributed by atoms with Crippen molar-refractivity contribution in [3.8, 4) is 11.5 Å². The fourth-order valence-electron chi connectivity index (χ4n) is 5.39. The van der Waals surface area contributed by atoms with Gasteiger partial charge in [-0.15, -0.1) is 0 Å². The molecule has 0 spiro atoms. The third-order valence-electron chi connectivity index (χ3n) is 8.51. The molecule has 0 radical (unpaired) electrons. The predicted molar refractivity (Wildman–Crippen MR) is 232 cm³/mol. The fourth-order valence-corrected chi connectivity index (χ4v) is 8.02. The Balaban J connectivity index is 0.000000222. The Morgan fingerprint density at radius 1 is 0.559 bits per heavy atom. The molecule has 0 unspecified atom stereocenters. The number of hydrogen-bond donors (Lipinski definition) is 3. The first-order valence-electron chi connectivity index (χ1n) is 17.9. The molecular weight excluding hydrogens is 834 g/mol. The number of rotatable bonds is 14. The number of carbonyl (C=O) groups excluding carboxylic acids is 2. The molecule has 0 aromatic heterocycles. The number of nitrogens with two attached hydrogens (primary N) is 2. The molecular formula is C44H43Cl2N3O8S2. The highest BCUT2D eigenvalue weighted by molar-refractivity contribution is 7.89. The van der Waals surface area contributed by atoms with Crippen molar-refractivity contribution >= 4 is 54.8 Å². The fraction of sp³-hybridized carbons (Fsp3) is 0.136. The predicted octanol–water partition coefficient (Wildman–Crippen LogP) is 7.52. The third kappa shape index (κ3) is 13.9. The van der Waals surface area contributed by atoms with Gasteiger partial charge in [0.15, 0.2) is 11.6 Å². The van der Waals surface area contributed by atoms with E-state index in [0.717, 1.165) is 18.5 Å². The standard InChI is InChI=1S/C22H20ClNO4S.C14H12ClNO4S.C8H11N/c1-28-19-10-7-17(8-11-19)22(25)18-9-12-20(23)21(15-18)29(26,27)24-14-13-16-5-3-2-4-6-16;1-20-11-5-2-9(3-6-11)14(17)10-4-7-12(15)13(8-10)21(16,18)19;9-7-6-8-4-2-1-3-5-8/h2-12,15,24H,13-14H2,1H3;2-8H,1H3,(H2,16,18,19);1-5H,6-7,9H2. The molecule has 0 heterocycles. The van der Waals surface area contributed by atoms with Crippen molar-refractivity contribution in [3.63, 3.8) is 0 Å². The summed E-state index contributed by atoms with van der Waals surface area (Å²) >= 11 is 11.9. The molecule has 0 saturated heterocycles. The van der Waals surface area contributed by atoms with Crippen LogP contribution in [0.5, 0.6) is 11.5 Å². The van der Waals surface area contributed by atoms with Crippen molar-refractivity contribution in [1.29, 1.82) is 0 Å². The number of ketones is 2. The van der Waals surface area contributed by atoms with E-state index in [1.165, 1.54) is 56.2 Å². The highest BCUT2D eigenvalue weighted by Crippen LogP contribution is 2.26. The second-order valence-corrected chi connectivity index (χ2v) is 16.7. The number of ether oxygens (including phenoxy) is 2. The van der Waals surface area contributed by atoms with Gasteiger partial charge < -0.3 is 15.2 Å². The van der Waals surface area contributed by atoms with Crippen LogP contribution in [0.15, 0.2) is 155 Å². The van der Waals surface area contributed by atoms with E-state index in [2.05, 4.69) is 16.9 Å². The van der Waals surface area contributed by atoms with E-state index < -0.39 is 20.0 Å². The third-order valence-corrected chi connectivity index (χ3v) is 11.8. The van der Waals surface area contributed by atoms with Crippen LogP contribution in [0.25, 0.3) is 0 Å². The number of carbonyl (C=O) groups is 2. The van der Waals surface area contributed by atoms with Crippen molar-refractivity contribution in [2.24, 2.45) is 10.9 Å². The highest BCUT2D eigenvalue weighted by Gasteiger charge is 2.21. The van der Waals surface area contributed by atoms with Gasteiger partial charge in [-0.25, -0.2) is 26.7 Å². The summed E-state index contributed by atoms with van der Waals surface area (Å²) in [5.74, 6) is 0.612. The maximum Gasteiger partial charge on any atom is 0.242 e. The Morgan fingerprint density at radius 3 is 1.36 bits per heavy atom. The van der Waals surface area contributed by atoms with Crippen molar-refractivity contribution in [2.45, 2.75) is 22.6 Å². The minimum Gasteiger partial charge on any atom is -0.497 e. The van der Waals surface area contributed by atoms with Crippen molar-refractivity contribution in [2.75, 3.05) is 27.3 Å². The van der Waals surface area contributed by atoms with Crippen LogP contribution in [0.2, 0.25) is 10.0 Å². The quantitative estimate of drug-likeness (QED) is 0.0932. The van der Waals surface area contributed by atoms with Gasteiger partial charge in [0.2, 0.25) is 20.0 Å². The second kappa shape index (κ2) is 22.1. The van der Waals surface area contributed by atoms with Gasteiger partial charge in [-0.2, -0.15) is 0 Å². The largest absolute Gasteiger partial charge is 0.497 e. The topological polar surface area (TPSA) is 185 Å². The molecule has 0 amide bonds. The molecule has 0 aliphatic carbocycles. The minimum atomic E-state index is -3.99. The molecule has 11 nitrogen and oxygen atoms in total. The monoisotopic (exact) mass is 875 g/mol. The van der Waals surface area contributed by atoms with Crippen molar-refractivity contribution in [3.05, 3.63) is 189 Å². The second-order valence-electron chi connectivity index (χ2n) is 12.6. The van der Waals surface area contributed by atoms with Gasteiger partial charge >= 0.3 is 0 Å². The molecule has 0 bridgehead atoms. The number of sulfonamides is 2. The SMILES string of the molecule is COc1ccc(C(=O)c2ccc(Cl)c(S(=O)(=O)NCCc3ccccc3)c2)cc1.COc1ccc(C(=O)c2ccc(Cl)c(S(N)(=O)=O)c2)cc1.NCCc1ccccc1. The van der Waals surface area contributed by atoms with E-state index in [1.807, 2.05) is 48.5 Å². The van der Waals surface area contributed by atoms with Crippen LogP contribution >= 0.6 is 23.2 Å². The van der Waals surface area contributed by atoms with E-state index in [0.29, 0.717) is 29.0 Å². The molecule has 15 heteroatoms. The molecule has 5 N–H and O–H groups in total. The Bertz CT molecular complexity index is 2540. The lowest BCUT2D eigenvalue weighted by atomic mass is 10.0. The number of benzene rings is 6. The van der Waals surface area contributed by atoms with Crippen LogP contribution in [-0.2, 0) is 32.9 Å². The number of halogens is 2. The zero-order chi connectivity index (χ0) is 43.0. The summed E-state index contributed by atoms with van der Waals surface area (Å²) in [7, 11) is -4.79. The van der Waals surface area contributed by atoms with Gasteiger partial charge in [-0.05, 0) is 115 Å². The first-order valence-corrected chi connectivity index (χ1v) is 21.7. The van der Waals surface area contributed by atoms with E-state index in [4.69, 9.17) is 43.5 Å². The van der Waals surface area contributed by atoms with E-state index >= 15 is 0 Å². The number of nitrogens with one attached hydrogen (secondary N) is 1. The Hall–Kier alpha value is -5.38. The van der Waals surface area contributed by atoms with Crippen LogP contribution < -0.4 is 25.1 Å². The van der Waals surface area contributed by atoms with Crippen molar-refractivity contribution < 1.29 is 35.9 Å². The van der Waals surface area contributed by atoms with Crippen LogP contribution in [0.3, 0.4) is 0 Å². The highest BCUT2D eigenvalue weighted by atomic mass is 35.5. The summed E-state index contributed by atoms with van der Waals surface area (Å²) in [5, 5.41) is 5.10. The van der Waals surface area contributed by atoms with E-state index in [-0.39, 0.29) is 49.1 Å². The Morgan fingerprint density at radius 2 is 0.949 bits per heavy atom. The summed E-state index contributed by atoms with van der Waals surface area (Å²) in [4.78, 5) is 24.7. The lowest BCUT2D eigenvalue weighted by Gasteiger charge is -2.10. The van der Waals surface area contributed by atoms with Crippen LogP contribution in [0.1, 0.15) is 43.0 Å². The number of hydrogen-bond acceptors (Lipinski definition) is 9. The summed E-state index contributed by atoms with van der Waals surface area (Å²) < 4.78 is 60.9. The normalized spacial score (nSPS) is 10.9. The molecule has 308 valence electrons. The molecule has 0 aliphatic rings. The first kappa shape index (κ1) is 46.3. The summed E-state index contributed by atoms with van der Waals surface area (Å²) in [5.41, 5.74) is 8.95. The average Bonchev–Trinajstić information content (AvgIpc) is 3.24. The average molecular weight is 877 g/mol. The van der Waals surface area contributed by atoms with Gasteiger partial charge in [-0.3, -0.25) is 9.59 Å². The molecule has 59 heavy (non-hydrogen) atoms. The molecule has 0 fully saturated rings. The van der Waals surface area contributed by atoms with Crippen molar-refractivity contribution in [1.82, 2.24) is 4.72 Å². The zero-order valence-electron chi connectivity index (χ0n) is 32.2. The van der Waals surface area contributed by atoms with Crippen LogP contribution in [0.4, 0.5) is 0 Å². The minimum absolute atomic E-state index is 0.0243. The molecule has 6 aromatic carbocycles. The van der Waals surface area contributed by atoms with Gasteiger partial charge in [0.1, 0.15) is 21.3 Å². The van der Waals surface area contributed by atoms with Gasteiger partial charge in [-0.1, -0.05) is 83.9 Å². The van der Waals surface area contributed by atoms with Gasteiger partial charge in [0.05, 0.1) is 24.3 Å². The van der Waals surface area contributed by atoms with E-state index in [1.54, 1.807) is 48.5 Å². The molecule has 0 saturated carbocycles. The summed E-state index contributed by atoms with van der Waals surface area (Å²) in [6.45, 7) is 0.962. The Labute approximate surface area is 355 Å². The smallest absolute Gasteiger partial charge is 0.242 e. The Kier molecular flexibility index (Phi) is 17.4. The molecule has 6 rings (SSSR count). The summed E-state index contributed by atoms with van der Waals surface area (Å²) in [6.07, 6.45) is 1.53. The molecule has 0 aliphatic heterocycles. The maximum absolute atomic E-state index is 12.7. The van der Waals surface area contributed by atoms with Gasteiger partial charge in [0, 0.05) is 28.8 Å². The van der Waals surface area contributed by atoms with Crippen LogP contribution in [0, 0.1) is 0 Å². The summed E-state index contributed by atoms with van der Waals surface area (Å²) in [6, 6.07) is 41.1. The van der Waals surface area contributed by atoms with Gasteiger partial charge in [0.25, 0.3) is 0 Å². The number of methoxy groups -OCH3 is 2.